The Bertz CT molecular complexity index is 1780. The van der Waals surface area contributed by atoms with E-state index in [0.717, 1.165) is 22.4 Å². The molecular formula is C37H45N5O5S. The van der Waals surface area contributed by atoms with E-state index >= 15 is 0 Å². The van der Waals surface area contributed by atoms with Crippen LogP contribution in [-0.2, 0) is 16.4 Å². The summed E-state index contributed by atoms with van der Waals surface area (Å²) < 4.78 is 27.4. The van der Waals surface area contributed by atoms with E-state index in [1.807, 2.05) is 91.8 Å². The molecule has 0 saturated heterocycles. The zero-order chi connectivity index (χ0) is 34.8. The summed E-state index contributed by atoms with van der Waals surface area (Å²) in [6.45, 7) is 7.70. The standard InChI is InChI=1S/C37H45N5O5S/c1-6-48(46,47)41-32-19-29(36(44)39-26(4)28-15-11-8-12-16-28)18-30(20-32)37(45)40-34(17-27-13-9-7-10-14-27)35(43)24-42(5)33-21-31(25(2)3)22-38-23-33/h7-16,18-23,25-26,34-35,41,43H,6,17,24H2,1-5H3,(H,39,44)(H,40,45)/t26-,34+,35-/m1/s1. The maximum atomic E-state index is 13.9. The Balaban J connectivity index is 1.62. The molecule has 0 aliphatic heterocycles. The Labute approximate surface area is 283 Å². The van der Waals surface area contributed by atoms with Gasteiger partial charge in [-0.2, -0.15) is 0 Å². The van der Waals surface area contributed by atoms with Gasteiger partial charge in [-0.05, 0) is 67.1 Å². The molecule has 3 aromatic carbocycles. The fourth-order valence-corrected chi connectivity index (χ4v) is 5.81. The number of rotatable bonds is 15. The molecule has 0 fully saturated rings. The highest BCUT2D eigenvalue weighted by Gasteiger charge is 2.26. The first kappa shape index (κ1) is 36.1. The van der Waals surface area contributed by atoms with E-state index in [1.165, 1.54) is 25.1 Å². The number of pyridine rings is 1. The van der Waals surface area contributed by atoms with Gasteiger partial charge in [-0.25, -0.2) is 8.42 Å². The van der Waals surface area contributed by atoms with Crippen LogP contribution in [-0.4, -0.2) is 61.8 Å². The second-order valence-electron chi connectivity index (χ2n) is 12.3. The number of hydrogen-bond donors (Lipinski definition) is 4. The molecule has 48 heavy (non-hydrogen) atoms. The van der Waals surface area contributed by atoms with Gasteiger partial charge in [0.05, 0.1) is 41.5 Å². The maximum absolute atomic E-state index is 13.9. The fourth-order valence-electron chi connectivity index (χ4n) is 5.19. The van der Waals surface area contributed by atoms with Crippen molar-refractivity contribution in [2.75, 3.05) is 29.0 Å². The highest BCUT2D eigenvalue weighted by molar-refractivity contribution is 7.92. The molecule has 0 unspecified atom stereocenters. The van der Waals surface area contributed by atoms with Gasteiger partial charge >= 0.3 is 0 Å². The molecule has 4 aromatic rings. The minimum absolute atomic E-state index is 0.0660. The SMILES string of the molecule is CCS(=O)(=O)Nc1cc(C(=O)N[C@@H](Cc2ccccc2)[C@H](O)CN(C)c2cncc(C(C)C)c2)cc(C(=O)N[C@H](C)c2ccccc2)c1. The lowest BCUT2D eigenvalue weighted by atomic mass is 9.99. The van der Waals surface area contributed by atoms with Gasteiger partial charge in [-0.15, -0.1) is 0 Å². The van der Waals surface area contributed by atoms with Crippen LogP contribution in [0.2, 0.25) is 0 Å². The molecule has 0 aliphatic rings. The number of benzene rings is 3. The van der Waals surface area contributed by atoms with Crippen molar-refractivity contribution in [2.24, 2.45) is 0 Å². The van der Waals surface area contributed by atoms with Gasteiger partial charge in [-0.3, -0.25) is 19.3 Å². The summed E-state index contributed by atoms with van der Waals surface area (Å²) in [6.07, 6.45) is 2.88. The van der Waals surface area contributed by atoms with Gasteiger partial charge in [0.15, 0.2) is 0 Å². The number of amides is 2. The van der Waals surface area contributed by atoms with Crippen LogP contribution in [0.15, 0.2) is 97.3 Å². The molecule has 0 saturated carbocycles. The quantitative estimate of drug-likeness (QED) is 0.135. The molecular weight excluding hydrogens is 627 g/mol. The van der Waals surface area contributed by atoms with E-state index in [9.17, 15) is 23.1 Å². The molecule has 11 heteroatoms. The summed E-state index contributed by atoms with van der Waals surface area (Å²) in [5.74, 6) is -0.946. The lowest BCUT2D eigenvalue weighted by Gasteiger charge is -2.29. The molecule has 1 aromatic heterocycles. The summed E-state index contributed by atoms with van der Waals surface area (Å²) in [7, 11) is -1.86. The van der Waals surface area contributed by atoms with Gasteiger partial charge in [0, 0.05) is 30.9 Å². The highest BCUT2D eigenvalue weighted by Crippen LogP contribution is 2.22. The molecule has 0 aliphatic carbocycles. The second kappa shape index (κ2) is 16.4. The molecule has 254 valence electrons. The summed E-state index contributed by atoms with van der Waals surface area (Å²) in [6, 6.07) is 24.1. The molecule has 0 bridgehead atoms. The van der Waals surface area contributed by atoms with Gasteiger partial charge in [0.2, 0.25) is 10.0 Å². The predicted octanol–water partition coefficient (Wildman–Crippen LogP) is 5.30. The number of anilines is 2. The van der Waals surface area contributed by atoms with E-state index in [2.05, 4.69) is 34.2 Å². The Morgan fingerprint density at radius 1 is 0.833 bits per heavy atom. The minimum atomic E-state index is -3.71. The zero-order valence-corrected chi connectivity index (χ0v) is 28.9. The van der Waals surface area contributed by atoms with Crippen LogP contribution in [0.1, 0.15) is 77.1 Å². The van der Waals surface area contributed by atoms with E-state index in [0.29, 0.717) is 6.42 Å². The van der Waals surface area contributed by atoms with Crippen LogP contribution in [0.3, 0.4) is 0 Å². The summed E-state index contributed by atoms with van der Waals surface area (Å²) >= 11 is 0. The maximum Gasteiger partial charge on any atom is 0.251 e. The minimum Gasteiger partial charge on any atom is -0.389 e. The molecule has 4 rings (SSSR count). The van der Waals surface area contributed by atoms with Crippen molar-refractivity contribution in [3.8, 4) is 0 Å². The zero-order valence-electron chi connectivity index (χ0n) is 28.1. The fraction of sp³-hybridized carbons (Fsp3) is 0.324. The number of aliphatic hydroxyl groups excluding tert-OH is 1. The van der Waals surface area contributed by atoms with Crippen LogP contribution < -0.4 is 20.3 Å². The molecule has 4 N–H and O–H groups in total. The van der Waals surface area contributed by atoms with Gasteiger partial charge in [-0.1, -0.05) is 74.5 Å². The largest absolute Gasteiger partial charge is 0.389 e. The summed E-state index contributed by atoms with van der Waals surface area (Å²) in [4.78, 5) is 33.5. The van der Waals surface area contributed by atoms with Gasteiger partial charge in [0.1, 0.15) is 0 Å². The third-order valence-corrected chi connectivity index (χ3v) is 9.46. The average molecular weight is 672 g/mol. The van der Waals surface area contributed by atoms with Crippen molar-refractivity contribution in [1.82, 2.24) is 15.6 Å². The van der Waals surface area contributed by atoms with Crippen molar-refractivity contribution in [1.29, 1.82) is 0 Å². The van der Waals surface area contributed by atoms with Crippen molar-refractivity contribution in [3.63, 3.8) is 0 Å². The lowest BCUT2D eigenvalue weighted by molar-refractivity contribution is 0.0843. The van der Waals surface area contributed by atoms with Crippen LogP contribution in [0, 0.1) is 0 Å². The average Bonchev–Trinajstić information content (AvgIpc) is 3.08. The smallest absolute Gasteiger partial charge is 0.251 e. The molecule has 3 atom stereocenters. The Hall–Kier alpha value is -4.74. The van der Waals surface area contributed by atoms with Crippen LogP contribution in [0.25, 0.3) is 0 Å². The number of likely N-dealkylation sites (N-methyl/N-ethyl adjacent to an activating group) is 1. The van der Waals surface area contributed by atoms with E-state index in [-0.39, 0.29) is 41.1 Å². The Morgan fingerprint density at radius 2 is 1.44 bits per heavy atom. The van der Waals surface area contributed by atoms with Crippen molar-refractivity contribution < 1.29 is 23.1 Å². The van der Waals surface area contributed by atoms with Crippen molar-refractivity contribution >= 4 is 33.2 Å². The van der Waals surface area contributed by atoms with Crippen LogP contribution >= 0.6 is 0 Å². The lowest BCUT2D eigenvalue weighted by Crippen LogP contribution is -2.49. The highest BCUT2D eigenvalue weighted by atomic mass is 32.2. The predicted molar refractivity (Wildman–Crippen MR) is 191 cm³/mol. The number of aromatic nitrogens is 1. The number of hydrogen-bond acceptors (Lipinski definition) is 7. The van der Waals surface area contributed by atoms with E-state index in [4.69, 9.17) is 0 Å². The number of nitrogens with one attached hydrogen (secondary N) is 3. The molecule has 10 nitrogen and oxygen atoms in total. The Kier molecular flexibility index (Phi) is 12.3. The van der Waals surface area contributed by atoms with Gasteiger partial charge in [0.25, 0.3) is 11.8 Å². The first-order valence-corrected chi connectivity index (χ1v) is 17.7. The van der Waals surface area contributed by atoms with Crippen LogP contribution in [0.4, 0.5) is 11.4 Å². The van der Waals surface area contributed by atoms with Gasteiger partial charge < -0.3 is 20.6 Å². The van der Waals surface area contributed by atoms with Crippen LogP contribution in [0.5, 0.6) is 0 Å². The van der Waals surface area contributed by atoms with Crippen molar-refractivity contribution in [3.05, 3.63) is 125 Å². The first-order valence-electron chi connectivity index (χ1n) is 16.1. The summed E-state index contributed by atoms with van der Waals surface area (Å²) in [5.41, 5.74) is 3.96. The normalized spacial score (nSPS) is 13.3. The third-order valence-electron chi connectivity index (χ3n) is 8.15. The first-order chi connectivity index (χ1) is 22.8. The molecule has 2 amide bonds. The summed E-state index contributed by atoms with van der Waals surface area (Å²) in [5, 5.41) is 17.4. The second-order valence-corrected chi connectivity index (χ2v) is 14.3. The third kappa shape index (κ3) is 10.1. The van der Waals surface area contributed by atoms with E-state index < -0.39 is 34.0 Å². The number of carbonyl (C=O) groups excluding carboxylic acids is 2. The molecule has 0 radical (unpaired) electrons. The topological polar surface area (TPSA) is 141 Å². The Morgan fingerprint density at radius 3 is 2.04 bits per heavy atom. The van der Waals surface area contributed by atoms with Crippen molar-refractivity contribution in [2.45, 2.75) is 58.2 Å². The number of carbonyl (C=O) groups is 2. The van der Waals surface area contributed by atoms with E-state index in [1.54, 1.807) is 6.20 Å². The molecule has 0 spiro atoms. The number of sulfonamides is 1. The monoisotopic (exact) mass is 671 g/mol. The number of aliphatic hydroxyl groups is 1. The molecule has 1 heterocycles. The number of nitrogens with zero attached hydrogens (tertiary/aromatic N) is 2.